The molecule has 0 radical (unpaired) electrons. The van der Waals surface area contributed by atoms with Gasteiger partial charge in [0.25, 0.3) is 5.91 Å². The molecule has 1 heterocycles. The Morgan fingerprint density at radius 3 is 2.86 bits per heavy atom. The summed E-state index contributed by atoms with van der Waals surface area (Å²) in [5.41, 5.74) is 2.59. The summed E-state index contributed by atoms with van der Waals surface area (Å²) in [5, 5.41) is 2.77. The zero-order valence-corrected chi connectivity index (χ0v) is 12.9. The van der Waals surface area contributed by atoms with E-state index in [1.54, 1.807) is 12.1 Å². The van der Waals surface area contributed by atoms with E-state index in [4.69, 9.17) is 4.74 Å². The highest BCUT2D eigenvalue weighted by molar-refractivity contribution is 5.90. The number of carbonyl (C=O) groups is 2. The molecular formula is C17H22N2O3. The van der Waals surface area contributed by atoms with Gasteiger partial charge in [0.2, 0.25) is 0 Å². The monoisotopic (exact) mass is 302 g/mol. The standard InChI is InChI=1S/C17H22N2O3/c1-13-7-8-15(11-19-13)17(21)22-12-16(20)18-10-9-14-5-3-2-4-6-14/h5,7-8,11H,2-4,6,9-10,12H2,1H3,(H,18,20). The molecule has 5 nitrogen and oxygen atoms in total. The van der Waals surface area contributed by atoms with Gasteiger partial charge in [-0.1, -0.05) is 11.6 Å². The number of nitrogens with one attached hydrogen (secondary N) is 1. The minimum absolute atomic E-state index is 0.258. The van der Waals surface area contributed by atoms with Gasteiger partial charge in [-0.3, -0.25) is 9.78 Å². The average Bonchev–Trinajstić information content (AvgIpc) is 2.54. The number of rotatable bonds is 6. The average molecular weight is 302 g/mol. The van der Waals surface area contributed by atoms with Crippen LogP contribution < -0.4 is 5.32 Å². The van der Waals surface area contributed by atoms with Gasteiger partial charge in [0, 0.05) is 18.4 Å². The number of aromatic nitrogens is 1. The van der Waals surface area contributed by atoms with Crippen LogP contribution in [0.5, 0.6) is 0 Å². The SMILES string of the molecule is Cc1ccc(C(=O)OCC(=O)NCCC2=CCCCC2)cn1. The number of hydrogen-bond donors (Lipinski definition) is 1. The fourth-order valence-electron chi connectivity index (χ4n) is 2.35. The third-order valence-electron chi connectivity index (χ3n) is 3.63. The van der Waals surface area contributed by atoms with Crippen LogP contribution in [0.1, 0.15) is 48.2 Å². The minimum Gasteiger partial charge on any atom is -0.452 e. The van der Waals surface area contributed by atoms with Crippen molar-refractivity contribution in [3.05, 3.63) is 41.2 Å². The van der Waals surface area contributed by atoms with Gasteiger partial charge < -0.3 is 10.1 Å². The number of carbonyl (C=O) groups excluding carboxylic acids is 2. The molecule has 0 spiro atoms. The summed E-state index contributed by atoms with van der Waals surface area (Å²) in [6, 6.07) is 3.37. The Balaban J connectivity index is 1.65. The summed E-state index contributed by atoms with van der Waals surface area (Å²) < 4.78 is 4.97. The van der Waals surface area contributed by atoms with E-state index in [1.807, 2.05) is 6.92 Å². The Morgan fingerprint density at radius 2 is 2.18 bits per heavy atom. The second kappa shape index (κ2) is 8.32. The molecule has 22 heavy (non-hydrogen) atoms. The van der Waals surface area contributed by atoms with Crippen LogP contribution in [0.15, 0.2) is 30.0 Å². The maximum absolute atomic E-state index is 11.7. The van der Waals surface area contributed by atoms with Crippen molar-refractivity contribution in [3.63, 3.8) is 0 Å². The largest absolute Gasteiger partial charge is 0.452 e. The zero-order chi connectivity index (χ0) is 15.8. The lowest BCUT2D eigenvalue weighted by atomic mass is 9.97. The molecule has 1 amide bonds. The van der Waals surface area contributed by atoms with Crippen LogP contribution in [0.3, 0.4) is 0 Å². The molecule has 0 saturated heterocycles. The molecule has 0 aromatic carbocycles. The second-order valence-electron chi connectivity index (χ2n) is 5.47. The third kappa shape index (κ3) is 5.31. The molecule has 0 saturated carbocycles. The van der Waals surface area contributed by atoms with Crippen molar-refractivity contribution in [2.45, 2.75) is 39.0 Å². The van der Waals surface area contributed by atoms with E-state index in [1.165, 1.54) is 24.6 Å². The Morgan fingerprint density at radius 1 is 1.32 bits per heavy atom. The van der Waals surface area contributed by atoms with Crippen molar-refractivity contribution in [3.8, 4) is 0 Å². The van der Waals surface area contributed by atoms with Crippen LogP contribution >= 0.6 is 0 Å². The molecule has 1 aromatic heterocycles. The van der Waals surface area contributed by atoms with Crippen molar-refractivity contribution in [2.24, 2.45) is 0 Å². The predicted molar refractivity (Wildman–Crippen MR) is 83.4 cm³/mol. The van der Waals surface area contributed by atoms with Crippen molar-refractivity contribution in [1.29, 1.82) is 0 Å². The quantitative estimate of drug-likeness (QED) is 0.648. The van der Waals surface area contributed by atoms with Gasteiger partial charge >= 0.3 is 5.97 Å². The lowest BCUT2D eigenvalue weighted by Crippen LogP contribution is -2.29. The lowest BCUT2D eigenvalue weighted by molar-refractivity contribution is -0.124. The summed E-state index contributed by atoms with van der Waals surface area (Å²) in [4.78, 5) is 27.4. The maximum atomic E-state index is 11.7. The molecule has 118 valence electrons. The summed E-state index contributed by atoms with van der Waals surface area (Å²) in [7, 11) is 0. The van der Waals surface area contributed by atoms with E-state index in [-0.39, 0.29) is 12.5 Å². The summed E-state index contributed by atoms with van der Waals surface area (Å²) in [5.74, 6) is -0.803. The number of ether oxygens (including phenoxy) is 1. The number of amides is 1. The molecule has 0 aliphatic heterocycles. The molecule has 0 atom stereocenters. The van der Waals surface area contributed by atoms with Crippen LogP contribution in [-0.4, -0.2) is 30.0 Å². The fraction of sp³-hybridized carbons (Fsp3) is 0.471. The van der Waals surface area contributed by atoms with E-state index in [2.05, 4.69) is 16.4 Å². The van der Waals surface area contributed by atoms with Crippen LogP contribution in [0.4, 0.5) is 0 Å². The molecule has 1 N–H and O–H groups in total. The Kier molecular flexibility index (Phi) is 6.13. The molecule has 1 aliphatic carbocycles. The van der Waals surface area contributed by atoms with E-state index >= 15 is 0 Å². The number of hydrogen-bond acceptors (Lipinski definition) is 4. The molecule has 1 aromatic rings. The van der Waals surface area contributed by atoms with Crippen LogP contribution in [0.25, 0.3) is 0 Å². The summed E-state index contributed by atoms with van der Waals surface area (Å²) in [6.07, 6.45) is 9.37. The first-order chi connectivity index (χ1) is 10.6. The van der Waals surface area contributed by atoms with Crippen molar-refractivity contribution >= 4 is 11.9 Å². The van der Waals surface area contributed by atoms with E-state index in [0.29, 0.717) is 12.1 Å². The topological polar surface area (TPSA) is 68.3 Å². The van der Waals surface area contributed by atoms with Crippen molar-refractivity contribution < 1.29 is 14.3 Å². The zero-order valence-electron chi connectivity index (χ0n) is 12.9. The first-order valence-corrected chi connectivity index (χ1v) is 7.69. The van der Waals surface area contributed by atoms with Crippen LogP contribution in [0, 0.1) is 6.92 Å². The van der Waals surface area contributed by atoms with Gasteiger partial charge in [0.05, 0.1) is 5.56 Å². The first kappa shape index (κ1) is 16.2. The van der Waals surface area contributed by atoms with E-state index < -0.39 is 5.97 Å². The van der Waals surface area contributed by atoms with Crippen molar-refractivity contribution in [1.82, 2.24) is 10.3 Å². The highest BCUT2D eigenvalue weighted by Gasteiger charge is 2.10. The van der Waals surface area contributed by atoms with Gasteiger partial charge in [0.1, 0.15) is 0 Å². The molecular weight excluding hydrogens is 280 g/mol. The molecule has 1 aliphatic rings. The second-order valence-corrected chi connectivity index (χ2v) is 5.47. The lowest BCUT2D eigenvalue weighted by Gasteiger charge is -2.13. The molecule has 0 bridgehead atoms. The first-order valence-electron chi connectivity index (χ1n) is 7.69. The molecule has 0 fully saturated rings. The minimum atomic E-state index is -0.530. The van der Waals surface area contributed by atoms with Crippen LogP contribution in [-0.2, 0) is 9.53 Å². The van der Waals surface area contributed by atoms with Crippen LogP contribution in [0.2, 0.25) is 0 Å². The van der Waals surface area contributed by atoms with Gasteiger partial charge in [-0.2, -0.15) is 0 Å². The molecule has 2 rings (SSSR count). The summed E-state index contributed by atoms with van der Waals surface area (Å²) >= 11 is 0. The number of nitrogens with zero attached hydrogens (tertiary/aromatic N) is 1. The Bertz CT molecular complexity index is 550. The number of esters is 1. The van der Waals surface area contributed by atoms with Gasteiger partial charge in [-0.15, -0.1) is 0 Å². The van der Waals surface area contributed by atoms with Gasteiger partial charge in [-0.25, -0.2) is 4.79 Å². The molecule has 5 heteroatoms. The smallest absolute Gasteiger partial charge is 0.340 e. The number of pyridine rings is 1. The number of allylic oxidation sites excluding steroid dienone is 1. The van der Waals surface area contributed by atoms with E-state index in [9.17, 15) is 9.59 Å². The van der Waals surface area contributed by atoms with Gasteiger partial charge in [-0.05, 0) is 51.2 Å². The summed E-state index contributed by atoms with van der Waals surface area (Å²) in [6.45, 7) is 2.17. The molecule has 0 unspecified atom stereocenters. The van der Waals surface area contributed by atoms with Gasteiger partial charge in [0.15, 0.2) is 6.61 Å². The Labute approximate surface area is 130 Å². The Hall–Kier alpha value is -2.17. The highest BCUT2D eigenvalue weighted by atomic mass is 16.5. The predicted octanol–water partition coefficient (Wildman–Crippen LogP) is 2.55. The third-order valence-corrected chi connectivity index (χ3v) is 3.63. The maximum Gasteiger partial charge on any atom is 0.340 e. The van der Waals surface area contributed by atoms with E-state index in [0.717, 1.165) is 25.0 Å². The highest BCUT2D eigenvalue weighted by Crippen LogP contribution is 2.19. The fourth-order valence-corrected chi connectivity index (χ4v) is 2.35. The van der Waals surface area contributed by atoms with Crippen molar-refractivity contribution in [2.75, 3.05) is 13.2 Å². The number of aryl methyl sites for hydroxylation is 1. The normalized spacial score (nSPS) is 14.1.